The van der Waals surface area contributed by atoms with Crippen molar-refractivity contribution >= 4 is 28.6 Å². The number of piperazine rings is 1. The number of oxazole rings is 1. The fourth-order valence-electron chi connectivity index (χ4n) is 3.79. The second-order valence-corrected chi connectivity index (χ2v) is 7.81. The van der Waals surface area contributed by atoms with Crippen molar-refractivity contribution in [3.63, 3.8) is 0 Å². The quantitative estimate of drug-likeness (QED) is 0.621. The third kappa shape index (κ3) is 4.71. The summed E-state index contributed by atoms with van der Waals surface area (Å²) in [6, 6.07) is 15.5. The molecule has 1 aliphatic rings. The maximum absolute atomic E-state index is 12.6. The predicted molar refractivity (Wildman–Crippen MR) is 113 cm³/mol. The van der Waals surface area contributed by atoms with Crippen molar-refractivity contribution in [1.82, 2.24) is 14.4 Å². The van der Waals surface area contributed by atoms with Crippen molar-refractivity contribution in [2.75, 3.05) is 26.2 Å². The van der Waals surface area contributed by atoms with Crippen LogP contribution in [0.5, 0.6) is 0 Å². The summed E-state index contributed by atoms with van der Waals surface area (Å²) >= 11 is 6.03. The van der Waals surface area contributed by atoms with Gasteiger partial charge in [0.15, 0.2) is 5.58 Å². The van der Waals surface area contributed by atoms with Gasteiger partial charge in [0.05, 0.1) is 5.52 Å². The molecule has 0 radical (unpaired) electrons. The third-order valence-electron chi connectivity index (χ3n) is 5.38. The molecule has 1 aromatic heterocycles. The highest BCUT2D eigenvalue weighted by atomic mass is 35.5. The Morgan fingerprint density at radius 2 is 1.79 bits per heavy atom. The average Bonchev–Trinajstić information content (AvgIpc) is 3.04. The normalized spacial score (nSPS) is 15.1. The molecule has 1 amide bonds. The van der Waals surface area contributed by atoms with E-state index in [4.69, 9.17) is 16.0 Å². The highest BCUT2D eigenvalue weighted by Crippen LogP contribution is 2.19. The zero-order valence-electron chi connectivity index (χ0n) is 16.2. The highest BCUT2D eigenvalue weighted by molar-refractivity contribution is 6.31. The SMILES string of the molecule is O=C(CCCn1c(=O)oc2ccc(Cl)cc21)N1CCN(Cc2ccccc2)CC1. The molecule has 4 rings (SSSR count). The number of amides is 1. The largest absolute Gasteiger partial charge is 0.419 e. The number of aryl methyl sites for hydroxylation is 1. The Kier molecular flexibility index (Phi) is 6.02. The summed E-state index contributed by atoms with van der Waals surface area (Å²) in [5, 5.41) is 0.552. The predicted octanol–water partition coefficient (Wildman–Crippen LogP) is 3.37. The average molecular weight is 414 g/mol. The molecule has 3 aromatic rings. The van der Waals surface area contributed by atoms with E-state index in [0.29, 0.717) is 35.5 Å². The molecule has 152 valence electrons. The van der Waals surface area contributed by atoms with E-state index in [0.717, 1.165) is 32.7 Å². The highest BCUT2D eigenvalue weighted by Gasteiger charge is 2.21. The van der Waals surface area contributed by atoms with Gasteiger partial charge in [-0.05, 0) is 30.2 Å². The monoisotopic (exact) mass is 413 g/mol. The van der Waals surface area contributed by atoms with Crippen LogP contribution in [0.25, 0.3) is 11.1 Å². The Hall–Kier alpha value is -2.57. The van der Waals surface area contributed by atoms with E-state index in [1.54, 1.807) is 22.8 Å². The van der Waals surface area contributed by atoms with E-state index in [2.05, 4.69) is 29.2 Å². The van der Waals surface area contributed by atoms with Crippen molar-refractivity contribution in [3.8, 4) is 0 Å². The Bertz CT molecular complexity index is 1040. The van der Waals surface area contributed by atoms with E-state index in [9.17, 15) is 9.59 Å². The van der Waals surface area contributed by atoms with Crippen LogP contribution in [0, 0.1) is 0 Å². The van der Waals surface area contributed by atoms with Gasteiger partial charge in [0, 0.05) is 50.7 Å². The number of carbonyl (C=O) groups excluding carboxylic acids is 1. The maximum Gasteiger partial charge on any atom is 0.419 e. The molecular formula is C22H24ClN3O3. The van der Waals surface area contributed by atoms with Crippen LogP contribution < -0.4 is 5.76 Å². The van der Waals surface area contributed by atoms with Gasteiger partial charge in [-0.25, -0.2) is 4.79 Å². The minimum absolute atomic E-state index is 0.142. The maximum atomic E-state index is 12.6. The van der Waals surface area contributed by atoms with Gasteiger partial charge < -0.3 is 9.32 Å². The summed E-state index contributed by atoms with van der Waals surface area (Å²) in [5.41, 5.74) is 2.48. The van der Waals surface area contributed by atoms with E-state index in [1.165, 1.54) is 5.56 Å². The van der Waals surface area contributed by atoms with Gasteiger partial charge in [0.25, 0.3) is 0 Å². The molecule has 0 bridgehead atoms. The topological polar surface area (TPSA) is 58.7 Å². The molecule has 0 N–H and O–H groups in total. The van der Waals surface area contributed by atoms with Gasteiger partial charge in [-0.15, -0.1) is 0 Å². The lowest BCUT2D eigenvalue weighted by atomic mass is 10.2. The van der Waals surface area contributed by atoms with Gasteiger partial charge >= 0.3 is 5.76 Å². The second kappa shape index (κ2) is 8.84. The summed E-state index contributed by atoms with van der Waals surface area (Å²) in [5.74, 6) is -0.271. The molecule has 7 heteroatoms. The van der Waals surface area contributed by atoms with Gasteiger partial charge in [0.1, 0.15) is 0 Å². The Morgan fingerprint density at radius 3 is 2.55 bits per heavy atom. The van der Waals surface area contributed by atoms with Crippen LogP contribution in [0.4, 0.5) is 0 Å². The molecule has 29 heavy (non-hydrogen) atoms. The first-order chi connectivity index (χ1) is 14.1. The van der Waals surface area contributed by atoms with Gasteiger partial charge in [0.2, 0.25) is 5.91 Å². The van der Waals surface area contributed by atoms with E-state index in [-0.39, 0.29) is 5.91 Å². The number of rotatable bonds is 6. The number of aromatic nitrogens is 1. The van der Waals surface area contributed by atoms with Gasteiger partial charge in [-0.1, -0.05) is 41.9 Å². The van der Waals surface area contributed by atoms with Crippen LogP contribution in [0.1, 0.15) is 18.4 Å². The smallest absolute Gasteiger partial charge is 0.408 e. The summed E-state index contributed by atoms with van der Waals surface area (Å²) in [4.78, 5) is 28.9. The number of nitrogens with zero attached hydrogens (tertiary/aromatic N) is 3. The fourth-order valence-corrected chi connectivity index (χ4v) is 3.96. The Labute approximate surface area is 174 Å². The van der Waals surface area contributed by atoms with Crippen molar-refractivity contribution in [2.24, 2.45) is 0 Å². The standard InChI is InChI=1S/C22H24ClN3O3/c23-18-8-9-20-19(15-18)26(22(28)29-20)10-4-7-21(27)25-13-11-24(12-14-25)16-17-5-2-1-3-6-17/h1-3,5-6,8-9,15H,4,7,10-14,16H2. The fraction of sp³-hybridized carbons (Fsp3) is 0.364. The summed E-state index contributed by atoms with van der Waals surface area (Å²) in [6.45, 7) is 4.61. The van der Waals surface area contributed by atoms with Crippen LogP contribution in [0.15, 0.2) is 57.7 Å². The number of benzene rings is 2. The molecule has 1 aliphatic heterocycles. The molecule has 0 spiro atoms. The van der Waals surface area contributed by atoms with E-state index in [1.807, 2.05) is 11.0 Å². The lowest BCUT2D eigenvalue weighted by Crippen LogP contribution is -2.48. The zero-order chi connectivity index (χ0) is 20.2. The van der Waals surface area contributed by atoms with Crippen molar-refractivity contribution < 1.29 is 9.21 Å². The molecule has 1 saturated heterocycles. The molecular weight excluding hydrogens is 390 g/mol. The molecule has 0 saturated carbocycles. The Morgan fingerprint density at radius 1 is 1.03 bits per heavy atom. The minimum Gasteiger partial charge on any atom is -0.408 e. The van der Waals surface area contributed by atoms with Crippen LogP contribution >= 0.6 is 11.6 Å². The molecule has 2 heterocycles. The summed E-state index contributed by atoms with van der Waals surface area (Å²) in [7, 11) is 0. The molecule has 0 aliphatic carbocycles. The van der Waals surface area contributed by atoms with Crippen molar-refractivity contribution in [1.29, 1.82) is 0 Å². The van der Waals surface area contributed by atoms with Gasteiger partial charge in [-0.3, -0.25) is 14.3 Å². The number of halogens is 1. The first-order valence-corrected chi connectivity index (χ1v) is 10.3. The van der Waals surface area contributed by atoms with E-state index < -0.39 is 5.76 Å². The van der Waals surface area contributed by atoms with Crippen LogP contribution in [0.3, 0.4) is 0 Å². The molecule has 6 nitrogen and oxygen atoms in total. The van der Waals surface area contributed by atoms with Crippen LogP contribution in [0.2, 0.25) is 5.02 Å². The zero-order valence-corrected chi connectivity index (χ0v) is 17.0. The van der Waals surface area contributed by atoms with E-state index >= 15 is 0 Å². The van der Waals surface area contributed by atoms with Crippen LogP contribution in [-0.4, -0.2) is 46.5 Å². The number of carbonyl (C=O) groups is 1. The number of hydrogen-bond donors (Lipinski definition) is 0. The molecule has 0 unspecified atom stereocenters. The third-order valence-corrected chi connectivity index (χ3v) is 5.61. The molecule has 2 aromatic carbocycles. The van der Waals surface area contributed by atoms with Crippen molar-refractivity contribution in [3.05, 3.63) is 69.7 Å². The minimum atomic E-state index is -0.413. The Balaban J connectivity index is 1.26. The lowest BCUT2D eigenvalue weighted by Gasteiger charge is -2.34. The first-order valence-electron chi connectivity index (χ1n) is 9.93. The van der Waals surface area contributed by atoms with Gasteiger partial charge in [-0.2, -0.15) is 0 Å². The number of fused-ring (bicyclic) bond motifs is 1. The summed E-state index contributed by atoms with van der Waals surface area (Å²) in [6.07, 6.45) is 1.00. The first kappa shape index (κ1) is 19.7. The number of hydrogen-bond acceptors (Lipinski definition) is 4. The molecule has 1 fully saturated rings. The second-order valence-electron chi connectivity index (χ2n) is 7.38. The van der Waals surface area contributed by atoms with Crippen molar-refractivity contribution in [2.45, 2.75) is 25.9 Å². The lowest BCUT2D eigenvalue weighted by molar-refractivity contribution is -0.133. The molecule has 0 atom stereocenters. The summed E-state index contributed by atoms with van der Waals surface area (Å²) < 4.78 is 6.78. The van der Waals surface area contributed by atoms with Crippen LogP contribution in [-0.2, 0) is 17.9 Å².